The second-order valence-electron chi connectivity index (χ2n) is 8.55. The maximum absolute atomic E-state index is 13.0. The van der Waals surface area contributed by atoms with Gasteiger partial charge >= 0.3 is 6.18 Å². The summed E-state index contributed by atoms with van der Waals surface area (Å²) in [4.78, 5) is 20.9. The number of alkyl halides is 3. The lowest BCUT2D eigenvalue weighted by Gasteiger charge is -2.33. The van der Waals surface area contributed by atoms with E-state index < -0.39 is 11.7 Å². The van der Waals surface area contributed by atoms with Crippen molar-refractivity contribution in [1.29, 1.82) is 0 Å². The van der Waals surface area contributed by atoms with Crippen LogP contribution in [0.1, 0.15) is 17.0 Å². The van der Waals surface area contributed by atoms with Crippen LogP contribution in [-0.2, 0) is 23.9 Å². The highest BCUT2D eigenvalue weighted by atomic mass is 19.4. The maximum atomic E-state index is 13.0. The van der Waals surface area contributed by atoms with Gasteiger partial charge in [-0.25, -0.2) is 4.68 Å². The molecule has 36 heavy (non-hydrogen) atoms. The minimum Gasteiger partial charge on any atom is -0.340 e. The predicted octanol–water partition coefficient (Wildman–Crippen LogP) is 3.83. The number of rotatable bonds is 6. The molecule has 11 heteroatoms. The first kappa shape index (κ1) is 23.7. The molecule has 1 saturated heterocycles. The molecule has 1 aliphatic heterocycles. The third-order valence-corrected chi connectivity index (χ3v) is 6.01. The summed E-state index contributed by atoms with van der Waals surface area (Å²) < 4.78 is 45.9. The van der Waals surface area contributed by atoms with E-state index in [4.69, 9.17) is 4.52 Å². The van der Waals surface area contributed by atoms with Gasteiger partial charge in [0.2, 0.25) is 17.6 Å². The van der Waals surface area contributed by atoms with Gasteiger partial charge in [-0.2, -0.15) is 23.3 Å². The fourth-order valence-corrected chi connectivity index (χ4v) is 4.08. The molecular weight excluding hydrogens is 473 g/mol. The zero-order valence-corrected chi connectivity index (χ0v) is 19.2. The Labute approximate surface area is 204 Å². The van der Waals surface area contributed by atoms with Crippen LogP contribution in [0.3, 0.4) is 0 Å². The van der Waals surface area contributed by atoms with Crippen LogP contribution in [0.5, 0.6) is 0 Å². The molecule has 0 aliphatic carbocycles. The Kier molecular flexibility index (Phi) is 6.55. The summed E-state index contributed by atoms with van der Waals surface area (Å²) in [6.07, 6.45) is -0.599. The standard InChI is InChI=1S/C25H23F3N6O2/c26-25(27,28)20-6-4-5-19(14-20)24-30-22(36-31-24)17-32-9-11-33(12-10-32)23(35)13-18-15-29-34(16-18)21-7-2-1-3-8-21/h1-8,14-16H,9-13,17H2. The van der Waals surface area contributed by atoms with E-state index in [1.807, 2.05) is 41.4 Å². The Morgan fingerprint density at radius 2 is 1.78 bits per heavy atom. The number of piperazine rings is 1. The molecule has 0 bridgehead atoms. The number of benzene rings is 2. The molecule has 5 rings (SSSR count). The molecule has 186 valence electrons. The Morgan fingerprint density at radius 3 is 2.53 bits per heavy atom. The number of para-hydroxylation sites is 1. The van der Waals surface area contributed by atoms with Crippen molar-refractivity contribution >= 4 is 5.91 Å². The van der Waals surface area contributed by atoms with Gasteiger partial charge in [0, 0.05) is 37.9 Å². The van der Waals surface area contributed by atoms with Gasteiger partial charge in [-0.1, -0.05) is 35.5 Å². The van der Waals surface area contributed by atoms with Gasteiger partial charge in [0.05, 0.1) is 30.4 Å². The van der Waals surface area contributed by atoms with Gasteiger partial charge in [0.25, 0.3) is 0 Å². The Morgan fingerprint density at radius 1 is 1.00 bits per heavy atom. The number of carbonyl (C=O) groups excluding carboxylic acids is 1. The van der Waals surface area contributed by atoms with Gasteiger partial charge in [-0.3, -0.25) is 9.69 Å². The molecule has 4 aromatic rings. The van der Waals surface area contributed by atoms with Crippen molar-refractivity contribution in [3.8, 4) is 17.1 Å². The van der Waals surface area contributed by atoms with Crippen LogP contribution < -0.4 is 0 Å². The number of hydrogen-bond donors (Lipinski definition) is 0. The Balaban J connectivity index is 1.13. The average molecular weight is 496 g/mol. The lowest BCUT2D eigenvalue weighted by Crippen LogP contribution is -2.48. The van der Waals surface area contributed by atoms with Gasteiger partial charge in [0.15, 0.2) is 0 Å². The summed E-state index contributed by atoms with van der Waals surface area (Å²) in [5.74, 6) is 0.461. The van der Waals surface area contributed by atoms with Crippen LogP contribution >= 0.6 is 0 Å². The molecule has 0 saturated carbocycles. The van der Waals surface area contributed by atoms with E-state index in [-0.39, 0.29) is 23.7 Å². The minimum atomic E-state index is -4.44. The van der Waals surface area contributed by atoms with Crippen molar-refractivity contribution in [2.24, 2.45) is 0 Å². The topological polar surface area (TPSA) is 80.3 Å². The highest BCUT2D eigenvalue weighted by molar-refractivity contribution is 5.78. The van der Waals surface area contributed by atoms with Gasteiger partial charge in [0.1, 0.15) is 0 Å². The fraction of sp³-hybridized carbons (Fsp3) is 0.280. The van der Waals surface area contributed by atoms with Gasteiger partial charge in [-0.05, 0) is 29.8 Å². The maximum Gasteiger partial charge on any atom is 0.416 e. The van der Waals surface area contributed by atoms with Crippen molar-refractivity contribution in [2.75, 3.05) is 26.2 Å². The van der Waals surface area contributed by atoms with Crippen molar-refractivity contribution in [2.45, 2.75) is 19.1 Å². The van der Waals surface area contributed by atoms with E-state index in [1.165, 1.54) is 12.1 Å². The molecule has 1 fully saturated rings. The summed E-state index contributed by atoms with van der Waals surface area (Å²) in [6.45, 7) is 2.71. The Bertz CT molecular complexity index is 1330. The van der Waals surface area contributed by atoms with Crippen molar-refractivity contribution in [3.63, 3.8) is 0 Å². The van der Waals surface area contributed by atoms with Crippen molar-refractivity contribution < 1.29 is 22.5 Å². The quantitative estimate of drug-likeness (QED) is 0.404. The molecule has 3 heterocycles. The van der Waals surface area contributed by atoms with Crippen LogP contribution in [0.4, 0.5) is 13.2 Å². The van der Waals surface area contributed by atoms with E-state index in [2.05, 4.69) is 20.1 Å². The second kappa shape index (κ2) is 9.94. The van der Waals surface area contributed by atoms with E-state index in [0.717, 1.165) is 23.4 Å². The number of aromatic nitrogens is 4. The lowest BCUT2D eigenvalue weighted by atomic mass is 10.1. The Hall–Kier alpha value is -3.99. The van der Waals surface area contributed by atoms with Gasteiger partial charge < -0.3 is 9.42 Å². The smallest absolute Gasteiger partial charge is 0.340 e. The summed E-state index contributed by atoms with van der Waals surface area (Å²) in [5.41, 5.74) is 1.26. The molecule has 2 aromatic carbocycles. The van der Waals surface area contributed by atoms with Crippen LogP contribution in [0.15, 0.2) is 71.5 Å². The zero-order valence-electron chi connectivity index (χ0n) is 19.2. The van der Waals surface area contributed by atoms with Crippen LogP contribution in [0.25, 0.3) is 17.1 Å². The van der Waals surface area contributed by atoms with E-state index in [0.29, 0.717) is 38.6 Å². The first-order valence-corrected chi connectivity index (χ1v) is 11.4. The lowest BCUT2D eigenvalue weighted by molar-refractivity contribution is -0.137. The summed E-state index contributed by atoms with van der Waals surface area (Å²) in [7, 11) is 0. The predicted molar refractivity (Wildman–Crippen MR) is 124 cm³/mol. The number of hydrogen-bond acceptors (Lipinski definition) is 6. The largest absolute Gasteiger partial charge is 0.416 e. The molecule has 1 amide bonds. The molecule has 0 atom stereocenters. The van der Waals surface area contributed by atoms with Crippen LogP contribution in [0.2, 0.25) is 0 Å². The third kappa shape index (κ3) is 5.46. The summed E-state index contributed by atoms with van der Waals surface area (Å²) in [5, 5.41) is 8.18. The number of nitrogens with zero attached hydrogens (tertiary/aromatic N) is 6. The van der Waals surface area contributed by atoms with E-state index >= 15 is 0 Å². The van der Waals surface area contributed by atoms with Crippen LogP contribution in [-0.4, -0.2) is 61.8 Å². The van der Waals surface area contributed by atoms with E-state index in [1.54, 1.807) is 10.9 Å². The number of carbonyl (C=O) groups is 1. The zero-order chi connectivity index (χ0) is 25.1. The first-order valence-electron chi connectivity index (χ1n) is 11.4. The second-order valence-corrected chi connectivity index (χ2v) is 8.55. The summed E-state index contributed by atoms with van der Waals surface area (Å²) in [6, 6.07) is 14.5. The molecule has 0 spiro atoms. The molecule has 2 aromatic heterocycles. The molecule has 1 aliphatic rings. The SMILES string of the molecule is O=C(Cc1cnn(-c2ccccc2)c1)N1CCN(Cc2nc(-c3cccc(C(F)(F)F)c3)no2)CC1. The van der Waals surface area contributed by atoms with Crippen LogP contribution in [0, 0.1) is 0 Å². The molecule has 8 nitrogen and oxygen atoms in total. The number of halogens is 3. The number of amides is 1. The molecule has 0 N–H and O–H groups in total. The molecule has 0 unspecified atom stereocenters. The molecular formula is C25H23F3N6O2. The first-order chi connectivity index (χ1) is 17.3. The third-order valence-electron chi connectivity index (χ3n) is 6.01. The monoisotopic (exact) mass is 496 g/mol. The molecule has 0 radical (unpaired) electrons. The van der Waals surface area contributed by atoms with Gasteiger partial charge in [-0.15, -0.1) is 0 Å². The summed E-state index contributed by atoms with van der Waals surface area (Å²) >= 11 is 0. The normalized spacial score (nSPS) is 14.8. The van der Waals surface area contributed by atoms with Crippen molar-refractivity contribution in [3.05, 3.63) is 84.0 Å². The minimum absolute atomic E-state index is 0.0342. The highest BCUT2D eigenvalue weighted by Crippen LogP contribution is 2.31. The van der Waals surface area contributed by atoms with Crippen molar-refractivity contribution in [1.82, 2.24) is 29.7 Å². The average Bonchev–Trinajstić information content (AvgIpc) is 3.55. The van der Waals surface area contributed by atoms with E-state index in [9.17, 15) is 18.0 Å². The highest BCUT2D eigenvalue weighted by Gasteiger charge is 2.31. The fourth-order valence-electron chi connectivity index (χ4n) is 4.08.